The Kier molecular flexibility index (Phi) is 3.99. The van der Waals surface area contributed by atoms with Gasteiger partial charge in [-0.3, -0.25) is 9.88 Å². The Balaban J connectivity index is 1.63. The minimum atomic E-state index is -0.839. The lowest BCUT2D eigenvalue weighted by atomic mass is 9.84. The summed E-state index contributed by atoms with van der Waals surface area (Å²) in [4.78, 5) is 6.62. The zero-order valence-corrected chi connectivity index (χ0v) is 11.9. The van der Waals surface area contributed by atoms with Gasteiger partial charge >= 0.3 is 0 Å². The summed E-state index contributed by atoms with van der Waals surface area (Å²) < 4.78 is 13.0. The van der Waals surface area contributed by atoms with Crippen LogP contribution in [0, 0.1) is 5.82 Å². The molecule has 2 aromatic rings. The second-order valence-corrected chi connectivity index (χ2v) is 5.64. The third-order valence-corrected chi connectivity index (χ3v) is 4.18. The first-order valence-corrected chi connectivity index (χ1v) is 7.26. The Bertz CT molecular complexity index is 577. The van der Waals surface area contributed by atoms with Gasteiger partial charge < -0.3 is 5.11 Å². The van der Waals surface area contributed by atoms with Gasteiger partial charge in [0.25, 0.3) is 0 Å². The summed E-state index contributed by atoms with van der Waals surface area (Å²) in [6, 6.07) is 12.1. The van der Waals surface area contributed by atoms with Crippen molar-refractivity contribution in [2.75, 3.05) is 13.1 Å². The molecule has 1 saturated heterocycles. The molecule has 1 aromatic heterocycles. The molecule has 0 atom stereocenters. The largest absolute Gasteiger partial charge is 0.385 e. The van der Waals surface area contributed by atoms with Crippen LogP contribution in [-0.4, -0.2) is 28.1 Å². The lowest BCUT2D eigenvalue weighted by Crippen LogP contribution is -2.42. The van der Waals surface area contributed by atoms with Crippen molar-refractivity contribution in [2.24, 2.45) is 0 Å². The lowest BCUT2D eigenvalue weighted by Gasteiger charge is -2.38. The summed E-state index contributed by atoms with van der Waals surface area (Å²) >= 11 is 0. The Morgan fingerprint density at radius 3 is 2.43 bits per heavy atom. The monoisotopic (exact) mass is 286 g/mol. The van der Waals surface area contributed by atoms with Crippen LogP contribution in [0.15, 0.2) is 48.7 Å². The van der Waals surface area contributed by atoms with E-state index in [0.717, 1.165) is 30.9 Å². The molecule has 1 N–H and O–H groups in total. The van der Waals surface area contributed by atoms with E-state index in [1.54, 1.807) is 18.3 Å². The van der Waals surface area contributed by atoms with E-state index < -0.39 is 5.60 Å². The molecule has 1 fully saturated rings. The van der Waals surface area contributed by atoms with E-state index in [1.807, 2.05) is 18.2 Å². The lowest BCUT2D eigenvalue weighted by molar-refractivity contribution is -0.0280. The smallest absolute Gasteiger partial charge is 0.123 e. The van der Waals surface area contributed by atoms with Crippen molar-refractivity contribution in [3.05, 3.63) is 65.7 Å². The second kappa shape index (κ2) is 5.92. The summed E-state index contributed by atoms with van der Waals surface area (Å²) in [5.74, 6) is -0.269. The molecule has 0 amide bonds. The van der Waals surface area contributed by atoms with Gasteiger partial charge in [0.15, 0.2) is 0 Å². The highest BCUT2D eigenvalue weighted by Gasteiger charge is 2.33. The van der Waals surface area contributed by atoms with E-state index in [1.165, 1.54) is 12.1 Å². The predicted molar refractivity (Wildman–Crippen MR) is 79.0 cm³/mol. The number of aliphatic hydroxyl groups is 1. The number of pyridine rings is 1. The molecule has 1 aliphatic heterocycles. The van der Waals surface area contributed by atoms with Gasteiger partial charge in [-0.1, -0.05) is 18.2 Å². The van der Waals surface area contributed by atoms with Crippen LogP contribution in [0.25, 0.3) is 0 Å². The topological polar surface area (TPSA) is 36.4 Å². The first-order valence-electron chi connectivity index (χ1n) is 7.26. The maximum Gasteiger partial charge on any atom is 0.123 e. The number of benzene rings is 1. The van der Waals surface area contributed by atoms with Crippen LogP contribution >= 0.6 is 0 Å². The van der Waals surface area contributed by atoms with Crippen molar-refractivity contribution in [1.82, 2.24) is 9.88 Å². The second-order valence-electron chi connectivity index (χ2n) is 5.64. The number of likely N-dealkylation sites (tertiary alicyclic amines) is 1. The van der Waals surface area contributed by atoms with E-state index in [0.29, 0.717) is 12.8 Å². The molecule has 4 heteroatoms. The Morgan fingerprint density at radius 2 is 1.81 bits per heavy atom. The number of hydrogen-bond donors (Lipinski definition) is 1. The van der Waals surface area contributed by atoms with Crippen LogP contribution in [0.2, 0.25) is 0 Å². The van der Waals surface area contributed by atoms with E-state index in [-0.39, 0.29) is 5.82 Å². The van der Waals surface area contributed by atoms with Crippen LogP contribution in [-0.2, 0) is 12.1 Å². The van der Waals surface area contributed by atoms with Crippen molar-refractivity contribution in [3.63, 3.8) is 0 Å². The van der Waals surface area contributed by atoms with Crippen molar-refractivity contribution in [2.45, 2.75) is 25.0 Å². The minimum Gasteiger partial charge on any atom is -0.385 e. The Hall–Kier alpha value is -1.78. The van der Waals surface area contributed by atoms with Gasteiger partial charge in [-0.15, -0.1) is 0 Å². The van der Waals surface area contributed by atoms with Gasteiger partial charge in [0.2, 0.25) is 0 Å². The first-order chi connectivity index (χ1) is 10.2. The highest BCUT2D eigenvalue weighted by molar-refractivity contribution is 5.23. The molecule has 3 rings (SSSR count). The third kappa shape index (κ3) is 3.28. The van der Waals surface area contributed by atoms with Gasteiger partial charge in [-0.05, 0) is 42.7 Å². The Labute approximate surface area is 124 Å². The fraction of sp³-hybridized carbons (Fsp3) is 0.353. The summed E-state index contributed by atoms with van der Waals surface area (Å²) in [5.41, 5.74) is 1.01. The normalized spacial score (nSPS) is 18.6. The molecule has 0 radical (unpaired) electrons. The fourth-order valence-corrected chi connectivity index (χ4v) is 2.85. The van der Waals surface area contributed by atoms with Gasteiger partial charge in [-0.2, -0.15) is 0 Å². The van der Waals surface area contributed by atoms with Crippen LogP contribution in [0.5, 0.6) is 0 Å². The SMILES string of the molecule is OC1(c2ccc(F)cc2)CCN(Cc2ccccn2)CC1. The molecule has 0 bridgehead atoms. The summed E-state index contributed by atoms with van der Waals surface area (Å²) in [6.45, 7) is 2.43. The molecule has 0 spiro atoms. The molecular formula is C17H19FN2O. The molecule has 1 aliphatic rings. The number of rotatable bonds is 3. The number of aromatic nitrogens is 1. The molecule has 0 unspecified atom stereocenters. The molecular weight excluding hydrogens is 267 g/mol. The summed E-state index contributed by atoms with van der Waals surface area (Å²) in [6.07, 6.45) is 3.12. The van der Waals surface area contributed by atoms with E-state index in [9.17, 15) is 9.50 Å². The third-order valence-electron chi connectivity index (χ3n) is 4.18. The predicted octanol–water partition coefficient (Wildman–Crippen LogP) is 2.70. The quantitative estimate of drug-likeness (QED) is 0.942. The van der Waals surface area contributed by atoms with Crippen LogP contribution in [0.3, 0.4) is 0 Å². The summed E-state index contributed by atoms with van der Waals surface area (Å²) in [7, 11) is 0. The van der Waals surface area contributed by atoms with Crippen molar-refractivity contribution >= 4 is 0 Å². The Morgan fingerprint density at radius 1 is 1.10 bits per heavy atom. The maximum atomic E-state index is 13.0. The zero-order valence-electron chi connectivity index (χ0n) is 11.9. The average Bonchev–Trinajstić information content (AvgIpc) is 2.51. The number of halogens is 1. The van der Waals surface area contributed by atoms with Gasteiger partial charge in [-0.25, -0.2) is 4.39 Å². The van der Waals surface area contributed by atoms with Gasteiger partial charge in [0.1, 0.15) is 5.82 Å². The van der Waals surface area contributed by atoms with Crippen molar-refractivity contribution < 1.29 is 9.50 Å². The number of hydrogen-bond acceptors (Lipinski definition) is 3. The number of piperidine rings is 1. The molecule has 110 valence electrons. The molecule has 2 heterocycles. The molecule has 21 heavy (non-hydrogen) atoms. The minimum absolute atomic E-state index is 0.269. The highest BCUT2D eigenvalue weighted by atomic mass is 19.1. The van der Waals surface area contributed by atoms with Gasteiger partial charge in [0, 0.05) is 25.8 Å². The van der Waals surface area contributed by atoms with E-state index in [4.69, 9.17) is 0 Å². The van der Waals surface area contributed by atoms with E-state index >= 15 is 0 Å². The van der Waals surface area contributed by atoms with Crippen molar-refractivity contribution in [3.8, 4) is 0 Å². The fourth-order valence-electron chi connectivity index (χ4n) is 2.85. The average molecular weight is 286 g/mol. The van der Waals surface area contributed by atoms with Crippen LogP contribution in [0.4, 0.5) is 4.39 Å². The highest BCUT2D eigenvalue weighted by Crippen LogP contribution is 2.33. The standard InChI is InChI=1S/C17H19FN2O/c18-15-6-4-14(5-7-15)17(21)8-11-20(12-9-17)13-16-3-1-2-10-19-16/h1-7,10,21H,8-9,11-13H2. The van der Waals surface area contributed by atoms with E-state index in [2.05, 4.69) is 9.88 Å². The number of nitrogens with zero attached hydrogens (tertiary/aromatic N) is 2. The van der Waals surface area contributed by atoms with Crippen molar-refractivity contribution in [1.29, 1.82) is 0 Å². The molecule has 0 aliphatic carbocycles. The first kappa shape index (κ1) is 14.2. The van der Waals surface area contributed by atoms with Crippen LogP contribution in [0.1, 0.15) is 24.1 Å². The molecule has 0 saturated carbocycles. The van der Waals surface area contributed by atoms with Crippen LogP contribution < -0.4 is 0 Å². The molecule has 3 nitrogen and oxygen atoms in total. The summed E-state index contributed by atoms with van der Waals surface area (Å²) in [5, 5.41) is 10.8. The van der Waals surface area contributed by atoms with Gasteiger partial charge in [0.05, 0.1) is 11.3 Å². The maximum absolute atomic E-state index is 13.0. The molecule has 1 aromatic carbocycles. The zero-order chi connectivity index (χ0) is 14.7.